The molecule has 0 aliphatic carbocycles. The lowest BCUT2D eigenvalue weighted by Crippen LogP contribution is -2.32. The minimum atomic E-state index is -0.344. The van der Waals surface area contributed by atoms with Gasteiger partial charge in [-0.1, -0.05) is 45.8 Å². The van der Waals surface area contributed by atoms with E-state index >= 15 is 0 Å². The van der Waals surface area contributed by atoms with Crippen LogP contribution in [0.3, 0.4) is 0 Å². The second kappa shape index (κ2) is 12.0. The van der Waals surface area contributed by atoms with Crippen molar-refractivity contribution < 1.29 is 23.8 Å². The van der Waals surface area contributed by atoms with Gasteiger partial charge >= 0.3 is 0 Å². The lowest BCUT2D eigenvalue weighted by molar-refractivity contribution is -0.123. The molecule has 36 heavy (non-hydrogen) atoms. The first-order valence-electron chi connectivity index (χ1n) is 11.0. The zero-order chi connectivity index (χ0) is 25.7. The fourth-order valence-electron chi connectivity index (χ4n) is 3.43. The third-order valence-corrected chi connectivity index (χ3v) is 7.35. The Bertz CT molecular complexity index is 1290. The Morgan fingerprint density at radius 2 is 1.69 bits per heavy atom. The average Bonchev–Trinajstić information content (AvgIpc) is 3.12. The monoisotopic (exact) mass is 631 g/mol. The van der Waals surface area contributed by atoms with Crippen molar-refractivity contribution >= 4 is 60.8 Å². The molecule has 0 N–H and O–H groups in total. The average molecular weight is 633 g/mol. The molecule has 1 aliphatic rings. The molecule has 0 saturated carbocycles. The molecular weight excluding hydrogens is 610 g/mol. The SMILES string of the molecule is COc1cc(/C=C2\SC(=O)N(CCOc3ccc(C)cc3)C2=O)cc(Br)c1OCc1ccc(Br)cc1. The number of halogens is 2. The zero-order valence-electron chi connectivity index (χ0n) is 19.6. The Balaban J connectivity index is 1.43. The topological polar surface area (TPSA) is 65.1 Å². The van der Waals surface area contributed by atoms with Crippen LogP contribution >= 0.6 is 43.6 Å². The van der Waals surface area contributed by atoms with Gasteiger partial charge in [-0.05, 0) is 88.2 Å². The van der Waals surface area contributed by atoms with Gasteiger partial charge < -0.3 is 14.2 Å². The number of carbonyl (C=O) groups excluding carboxylic acids is 2. The Labute approximate surface area is 230 Å². The van der Waals surface area contributed by atoms with Crippen LogP contribution in [-0.2, 0) is 11.4 Å². The summed E-state index contributed by atoms with van der Waals surface area (Å²) in [7, 11) is 1.56. The molecule has 1 fully saturated rings. The first-order valence-corrected chi connectivity index (χ1v) is 13.4. The maximum absolute atomic E-state index is 12.9. The summed E-state index contributed by atoms with van der Waals surface area (Å²) >= 11 is 7.88. The molecule has 0 bridgehead atoms. The highest BCUT2D eigenvalue weighted by atomic mass is 79.9. The predicted octanol–water partition coefficient (Wildman–Crippen LogP) is 7.22. The van der Waals surface area contributed by atoms with Gasteiger partial charge in [0.1, 0.15) is 19.0 Å². The number of hydrogen-bond donors (Lipinski definition) is 0. The second-order valence-corrected chi connectivity index (χ2v) is 10.7. The molecule has 9 heteroatoms. The van der Waals surface area contributed by atoms with Crippen LogP contribution in [0, 0.1) is 6.92 Å². The molecule has 0 spiro atoms. The summed E-state index contributed by atoms with van der Waals surface area (Å²) in [5.41, 5.74) is 2.85. The number of thioether (sulfide) groups is 1. The molecule has 6 nitrogen and oxygen atoms in total. The maximum atomic E-state index is 12.9. The van der Waals surface area contributed by atoms with E-state index in [0.717, 1.165) is 27.4 Å². The van der Waals surface area contributed by atoms with E-state index in [1.807, 2.05) is 61.5 Å². The summed E-state index contributed by atoms with van der Waals surface area (Å²) in [5.74, 6) is 1.42. The van der Waals surface area contributed by atoms with E-state index in [1.165, 1.54) is 4.90 Å². The smallest absolute Gasteiger partial charge is 0.293 e. The minimum absolute atomic E-state index is 0.172. The summed E-state index contributed by atoms with van der Waals surface area (Å²) in [6, 6.07) is 19.1. The molecule has 3 aromatic carbocycles. The van der Waals surface area contributed by atoms with Gasteiger partial charge in [0.05, 0.1) is 23.0 Å². The highest BCUT2D eigenvalue weighted by Gasteiger charge is 2.35. The van der Waals surface area contributed by atoms with Crippen LogP contribution in [0.25, 0.3) is 6.08 Å². The van der Waals surface area contributed by atoms with E-state index in [-0.39, 0.29) is 24.3 Å². The van der Waals surface area contributed by atoms with Crippen molar-refractivity contribution in [3.8, 4) is 17.2 Å². The number of nitrogens with zero attached hydrogens (tertiary/aromatic N) is 1. The van der Waals surface area contributed by atoms with Crippen molar-refractivity contribution in [1.82, 2.24) is 4.90 Å². The summed E-state index contributed by atoms with van der Waals surface area (Å²) in [6.45, 7) is 2.75. The van der Waals surface area contributed by atoms with Gasteiger partial charge in [0, 0.05) is 4.47 Å². The van der Waals surface area contributed by atoms with Gasteiger partial charge in [-0.25, -0.2) is 0 Å². The normalized spacial score (nSPS) is 14.4. The summed E-state index contributed by atoms with van der Waals surface area (Å²) in [6.07, 6.45) is 1.68. The maximum Gasteiger partial charge on any atom is 0.293 e. The Morgan fingerprint density at radius 3 is 2.39 bits per heavy atom. The molecule has 1 heterocycles. The van der Waals surface area contributed by atoms with Crippen LogP contribution in [0.2, 0.25) is 0 Å². The number of aryl methyl sites for hydroxylation is 1. The van der Waals surface area contributed by atoms with Crippen LogP contribution in [-0.4, -0.2) is 36.3 Å². The van der Waals surface area contributed by atoms with Crippen LogP contribution in [0.1, 0.15) is 16.7 Å². The molecule has 186 valence electrons. The van der Waals surface area contributed by atoms with Crippen molar-refractivity contribution in [3.05, 3.63) is 91.2 Å². The van der Waals surface area contributed by atoms with E-state index in [1.54, 1.807) is 19.3 Å². The zero-order valence-corrected chi connectivity index (χ0v) is 23.6. The number of hydrogen-bond acceptors (Lipinski definition) is 6. The van der Waals surface area contributed by atoms with Crippen molar-refractivity contribution in [1.29, 1.82) is 0 Å². The molecule has 4 rings (SSSR count). The number of methoxy groups -OCH3 is 1. The number of rotatable bonds is 9. The lowest BCUT2D eigenvalue weighted by Gasteiger charge is -2.14. The third-order valence-electron chi connectivity index (χ3n) is 5.32. The molecule has 0 radical (unpaired) electrons. The van der Waals surface area contributed by atoms with E-state index < -0.39 is 0 Å². The second-order valence-electron chi connectivity index (χ2n) is 7.94. The van der Waals surface area contributed by atoms with Gasteiger partial charge in [-0.3, -0.25) is 14.5 Å². The van der Waals surface area contributed by atoms with Gasteiger partial charge in [0.15, 0.2) is 11.5 Å². The minimum Gasteiger partial charge on any atom is -0.493 e. The van der Waals surface area contributed by atoms with Crippen molar-refractivity contribution in [3.63, 3.8) is 0 Å². The molecule has 3 aromatic rings. The predicted molar refractivity (Wildman–Crippen MR) is 149 cm³/mol. The summed E-state index contributed by atoms with van der Waals surface area (Å²) in [4.78, 5) is 26.9. The fraction of sp³-hybridized carbons (Fsp3) is 0.185. The number of imide groups is 1. The number of benzene rings is 3. The van der Waals surface area contributed by atoms with Gasteiger partial charge in [-0.15, -0.1) is 0 Å². The number of carbonyl (C=O) groups is 2. The molecule has 0 atom stereocenters. The Morgan fingerprint density at radius 1 is 0.972 bits per heavy atom. The highest BCUT2D eigenvalue weighted by molar-refractivity contribution is 9.10. The molecule has 0 aromatic heterocycles. The lowest BCUT2D eigenvalue weighted by atomic mass is 10.1. The standard InChI is InChI=1S/C27H23Br2NO5S/c1-17-3-9-21(10-4-17)34-12-11-30-26(31)24(36-27(30)32)15-19-13-22(29)25(23(14-19)33-2)35-16-18-5-7-20(28)8-6-18/h3-10,13-15H,11-12,16H2,1-2H3/b24-15-. The Kier molecular flexibility index (Phi) is 8.77. The van der Waals surface area contributed by atoms with Crippen molar-refractivity contribution in [2.45, 2.75) is 13.5 Å². The van der Waals surface area contributed by atoms with Gasteiger partial charge in [0.25, 0.3) is 11.1 Å². The van der Waals surface area contributed by atoms with E-state index in [0.29, 0.717) is 38.8 Å². The summed E-state index contributed by atoms with van der Waals surface area (Å²) < 4.78 is 18.9. The van der Waals surface area contributed by atoms with Crippen molar-refractivity contribution in [2.75, 3.05) is 20.3 Å². The Hall–Kier alpha value is -2.75. The molecule has 2 amide bonds. The largest absolute Gasteiger partial charge is 0.493 e. The van der Waals surface area contributed by atoms with E-state index in [4.69, 9.17) is 14.2 Å². The quantitative estimate of drug-likeness (QED) is 0.232. The third kappa shape index (κ3) is 6.52. The summed E-state index contributed by atoms with van der Waals surface area (Å²) in [5, 5.41) is -0.320. The first kappa shape index (κ1) is 26.3. The van der Waals surface area contributed by atoms with Crippen molar-refractivity contribution in [2.24, 2.45) is 0 Å². The fourth-order valence-corrected chi connectivity index (χ4v) is 5.14. The van der Waals surface area contributed by atoms with Crippen LogP contribution in [0.4, 0.5) is 4.79 Å². The number of ether oxygens (including phenoxy) is 3. The van der Waals surface area contributed by atoms with E-state index in [2.05, 4.69) is 31.9 Å². The highest BCUT2D eigenvalue weighted by Crippen LogP contribution is 2.39. The number of amides is 2. The van der Waals surface area contributed by atoms with Gasteiger partial charge in [0.2, 0.25) is 0 Å². The molecule has 1 aliphatic heterocycles. The molecule has 1 saturated heterocycles. The molecule has 0 unspecified atom stereocenters. The first-order chi connectivity index (χ1) is 17.3. The van der Waals surface area contributed by atoms with Crippen LogP contribution in [0.15, 0.2) is 74.5 Å². The van der Waals surface area contributed by atoms with E-state index in [9.17, 15) is 9.59 Å². The van der Waals surface area contributed by atoms with Gasteiger partial charge in [-0.2, -0.15) is 0 Å². The van der Waals surface area contributed by atoms with Crippen LogP contribution < -0.4 is 14.2 Å². The molecular formula is C27H23Br2NO5S. The van der Waals surface area contributed by atoms with Crippen LogP contribution in [0.5, 0.6) is 17.2 Å².